The largest absolute Gasteiger partial charge is 0.491 e. The summed E-state index contributed by atoms with van der Waals surface area (Å²) in [5.74, 6) is 1.12. The number of carbonyl (C=O) groups is 1. The molecule has 0 saturated heterocycles. The van der Waals surface area contributed by atoms with Crippen LogP contribution in [0.1, 0.15) is 38.5 Å². The van der Waals surface area contributed by atoms with Crippen molar-refractivity contribution in [1.29, 1.82) is 0 Å². The minimum Gasteiger partial charge on any atom is -0.491 e. The van der Waals surface area contributed by atoms with Gasteiger partial charge in [-0.1, -0.05) is 43.0 Å². The lowest BCUT2D eigenvalue weighted by molar-refractivity contribution is -0.122. The van der Waals surface area contributed by atoms with Crippen molar-refractivity contribution in [3.8, 4) is 5.75 Å². The zero-order valence-corrected chi connectivity index (χ0v) is 14.9. The van der Waals surface area contributed by atoms with Gasteiger partial charge in [-0.3, -0.25) is 4.79 Å². The topological polar surface area (TPSA) is 64.3 Å². The van der Waals surface area contributed by atoms with Crippen LogP contribution in [0.2, 0.25) is 5.02 Å². The van der Waals surface area contributed by atoms with Crippen molar-refractivity contribution in [1.82, 2.24) is 5.32 Å². The fourth-order valence-corrected chi connectivity index (χ4v) is 3.19. The number of benzene rings is 1. The van der Waals surface area contributed by atoms with Gasteiger partial charge in [-0.15, -0.1) is 12.4 Å². The van der Waals surface area contributed by atoms with Crippen LogP contribution in [0.3, 0.4) is 0 Å². The van der Waals surface area contributed by atoms with E-state index in [-0.39, 0.29) is 24.4 Å². The van der Waals surface area contributed by atoms with Crippen molar-refractivity contribution in [2.45, 2.75) is 44.6 Å². The fourth-order valence-electron chi connectivity index (χ4n) is 3.00. The minimum absolute atomic E-state index is 0. The molecule has 130 valence electrons. The molecule has 0 heterocycles. The van der Waals surface area contributed by atoms with Crippen molar-refractivity contribution in [3.05, 3.63) is 29.3 Å². The van der Waals surface area contributed by atoms with E-state index in [0.717, 1.165) is 12.8 Å². The Hall–Kier alpha value is -0.970. The molecule has 2 rings (SSSR count). The van der Waals surface area contributed by atoms with Crippen LogP contribution >= 0.6 is 24.0 Å². The Morgan fingerprint density at radius 1 is 1.30 bits per heavy atom. The lowest BCUT2D eigenvalue weighted by atomic mass is 9.84. The van der Waals surface area contributed by atoms with Gasteiger partial charge in [0.25, 0.3) is 0 Å². The molecule has 1 fully saturated rings. The molecule has 3 N–H and O–H groups in total. The van der Waals surface area contributed by atoms with Gasteiger partial charge in [0, 0.05) is 12.6 Å². The molecule has 0 radical (unpaired) electrons. The molecule has 1 saturated carbocycles. The Kier molecular flexibility index (Phi) is 9.37. The van der Waals surface area contributed by atoms with Gasteiger partial charge >= 0.3 is 0 Å². The summed E-state index contributed by atoms with van der Waals surface area (Å²) in [5, 5.41) is 3.62. The van der Waals surface area contributed by atoms with Gasteiger partial charge in [-0.25, -0.2) is 0 Å². The SMILES string of the molecule is Cl.NCC(NC(=O)CCOc1ccccc1Cl)C1CCCCC1. The third kappa shape index (κ3) is 6.58. The molecule has 1 aliphatic rings. The standard InChI is InChI=1S/C17H25ClN2O2.ClH/c18-14-8-4-5-9-16(14)22-11-10-17(21)20-15(12-19)13-6-2-1-3-7-13;/h4-5,8-9,13,15H,1-3,6-7,10-12,19H2,(H,20,21);1H. The molecule has 6 heteroatoms. The van der Waals surface area contributed by atoms with Gasteiger partial charge in [0.1, 0.15) is 5.75 Å². The van der Waals surface area contributed by atoms with Gasteiger partial charge < -0.3 is 15.8 Å². The van der Waals surface area contributed by atoms with Crippen molar-refractivity contribution in [3.63, 3.8) is 0 Å². The van der Waals surface area contributed by atoms with E-state index in [9.17, 15) is 4.79 Å². The first-order valence-corrected chi connectivity index (χ1v) is 8.45. The van der Waals surface area contributed by atoms with Crippen LogP contribution in [-0.4, -0.2) is 25.1 Å². The number of rotatable bonds is 7. The number of para-hydroxylation sites is 1. The molecule has 23 heavy (non-hydrogen) atoms. The third-order valence-electron chi connectivity index (χ3n) is 4.24. The summed E-state index contributed by atoms with van der Waals surface area (Å²) in [6, 6.07) is 7.36. The molecule has 1 aliphatic carbocycles. The number of nitrogens with two attached hydrogens (primary N) is 1. The summed E-state index contributed by atoms with van der Waals surface area (Å²) in [5.41, 5.74) is 5.83. The maximum Gasteiger partial charge on any atom is 0.223 e. The number of nitrogens with one attached hydrogen (secondary N) is 1. The van der Waals surface area contributed by atoms with Crippen LogP contribution < -0.4 is 15.8 Å². The Bertz CT molecular complexity index is 479. The summed E-state index contributed by atoms with van der Waals surface area (Å²) < 4.78 is 5.54. The third-order valence-corrected chi connectivity index (χ3v) is 4.55. The Morgan fingerprint density at radius 2 is 2.00 bits per heavy atom. The van der Waals surface area contributed by atoms with Crippen LogP contribution in [0.25, 0.3) is 0 Å². The minimum atomic E-state index is -0.00641. The molecule has 0 aliphatic heterocycles. The van der Waals surface area contributed by atoms with Gasteiger partial charge in [-0.05, 0) is 30.9 Å². The molecule has 1 unspecified atom stereocenters. The van der Waals surface area contributed by atoms with E-state index in [2.05, 4.69) is 5.32 Å². The summed E-state index contributed by atoms with van der Waals surface area (Å²) in [6.45, 7) is 0.819. The molecule has 0 aromatic heterocycles. The Labute approximate surface area is 149 Å². The van der Waals surface area contributed by atoms with Crippen molar-refractivity contribution < 1.29 is 9.53 Å². The van der Waals surface area contributed by atoms with E-state index in [1.54, 1.807) is 12.1 Å². The van der Waals surface area contributed by atoms with Gasteiger partial charge in [0.2, 0.25) is 5.91 Å². The quantitative estimate of drug-likeness (QED) is 0.781. The fraction of sp³-hybridized carbons (Fsp3) is 0.588. The average molecular weight is 361 g/mol. The van der Waals surface area contributed by atoms with Crippen molar-refractivity contribution in [2.24, 2.45) is 11.7 Å². The number of ether oxygens (including phenoxy) is 1. The number of amides is 1. The molecule has 0 spiro atoms. The van der Waals surface area contributed by atoms with Crippen LogP contribution in [-0.2, 0) is 4.79 Å². The maximum atomic E-state index is 12.1. The Balaban J connectivity index is 0.00000264. The second-order valence-corrected chi connectivity index (χ2v) is 6.24. The monoisotopic (exact) mass is 360 g/mol. The normalized spacial score (nSPS) is 16.3. The van der Waals surface area contributed by atoms with Gasteiger partial charge in [-0.2, -0.15) is 0 Å². The highest BCUT2D eigenvalue weighted by Gasteiger charge is 2.23. The van der Waals surface area contributed by atoms with E-state index >= 15 is 0 Å². The number of carbonyl (C=O) groups excluding carboxylic acids is 1. The molecular weight excluding hydrogens is 335 g/mol. The summed E-state index contributed by atoms with van der Waals surface area (Å²) in [7, 11) is 0. The lowest BCUT2D eigenvalue weighted by Crippen LogP contribution is -2.46. The highest BCUT2D eigenvalue weighted by atomic mass is 35.5. The van der Waals surface area contributed by atoms with Crippen molar-refractivity contribution in [2.75, 3.05) is 13.2 Å². The van der Waals surface area contributed by atoms with Crippen molar-refractivity contribution >= 4 is 29.9 Å². The van der Waals surface area contributed by atoms with Crippen LogP contribution in [0.15, 0.2) is 24.3 Å². The summed E-state index contributed by atoms with van der Waals surface area (Å²) in [4.78, 5) is 12.1. The van der Waals surface area contributed by atoms with Gasteiger partial charge in [0.15, 0.2) is 0 Å². The molecule has 0 bridgehead atoms. The molecule has 1 amide bonds. The predicted molar refractivity (Wildman–Crippen MR) is 96.4 cm³/mol. The second kappa shape index (κ2) is 10.7. The first-order valence-electron chi connectivity index (χ1n) is 8.07. The number of halogens is 2. The highest BCUT2D eigenvalue weighted by Crippen LogP contribution is 2.26. The molecule has 4 nitrogen and oxygen atoms in total. The smallest absolute Gasteiger partial charge is 0.223 e. The summed E-state index contributed by atoms with van der Waals surface area (Å²) in [6.07, 6.45) is 6.43. The molecular formula is C17H26Cl2N2O2. The Morgan fingerprint density at radius 3 is 2.65 bits per heavy atom. The van der Waals surface area contributed by atoms with Gasteiger partial charge in [0.05, 0.1) is 18.1 Å². The average Bonchev–Trinajstić information content (AvgIpc) is 2.55. The van der Waals surface area contributed by atoms with Crippen LogP contribution in [0.4, 0.5) is 0 Å². The van der Waals surface area contributed by atoms with Crippen LogP contribution in [0.5, 0.6) is 5.75 Å². The van der Waals surface area contributed by atoms with E-state index in [1.807, 2.05) is 12.1 Å². The first-order chi connectivity index (χ1) is 10.7. The molecule has 1 aromatic carbocycles. The van der Waals surface area contributed by atoms with E-state index in [0.29, 0.717) is 36.3 Å². The summed E-state index contributed by atoms with van der Waals surface area (Å²) >= 11 is 6.01. The zero-order valence-electron chi connectivity index (χ0n) is 13.3. The predicted octanol–water partition coefficient (Wildman–Crippen LogP) is 3.55. The molecule has 1 atom stereocenters. The second-order valence-electron chi connectivity index (χ2n) is 5.84. The van der Waals surface area contributed by atoms with E-state index in [4.69, 9.17) is 22.1 Å². The van der Waals surface area contributed by atoms with E-state index in [1.165, 1.54) is 19.3 Å². The number of hydrogen-bond acceptors (Lipinski definition) is 3. The zero-order chi connectivity index (χ0) is 15.8. The lowest BCUT2D eigenvalue weighted by Gasteiger charge is -2.30. The first kappa shape index (κ1) is 20.1. The highest BCUT2D eigenvalue weighted by molar-refractivity contribution is 6.32. The molecule has 1 aromatic rings. The number of hydrogen-bond donors (Lipinski definition) is 2. The van der Waals surface area contributed by atoms with E-state index < -0.39 is 0 Å². The van der Waals surface area contributed by atoms with Crippen LogP contribution in [0, 0.1) is 5.92 Å². The maximum absolute atomic E-state index is 12.1.